The SMILES string of the molecule is CC[C@@H](N[C@H](C)c1ccc(C#N)cc1)C(=O)O. The van der Waals surface area contributed by atoms with Crippen LogP contribution in [0.4, 0.5) is 0 Å². The molecular weight excluding hydrogens is 216 g/mol. The van der Waals surface area contributed by atoms with Gasteiger partial charge in [-0.15, -0.1) is 0 Å². The average Bonchev–Trinajstić information content (AvgIpc) is 2.35. The zero-order valence-electron chi connectivity index (χ0n) is 9.97. The van der Waals surface area contributed by atoms with E-state index in [4.69, 9.17) is 10.4 Å². The maximum absolute atomic E-state index is 10.9. The predicted octanol–water partition coefficient (Wildman–Crippen LogP) is 2.07. The van der Waals surface area contributed by atoms with Gasteiger partial charge >= 0.3 is 5.97 Å². The van der Waals surface area contributed by atoms with Crippen molar-refractivity contribution < 1.29 is 9.90 Å². The molecule has 17 heavy (non-hydrogen) atoms. The van der Waals surface area contributed by atoms with Gasteiger partial charge in [-0.2, -0.15) is 5.26 Å². The summed E-state index contributed by atoms with van der Waals surface area (Å²) >= 11 is 0. The second kappa shape index (κ2) is 6.02. The van der Waals surface area contributed by atoms with Crippen LogP contribution in [0.25, 0.3) is 0 Å². The lowest BCUT2D eigenvalue weighted by atomic mass is 10.0. The molecule has 1 rings (SSSR count). The van der Waals surface area contributed by atoms with E-state index in [9.17, 15) is 4.79 Å². The first-order chi connectivity index (χ1) is 8.08. The van der Waals surface area contributed by atoms with Crippen LogP contribution in [0.1, 0.15) is 37.4 Å². The van der Waals surface area contributed by atoms with Gasteiger partial charge in [-0.05, 0) is 31.0 Å². The average molecular weight is 232 g/mol. The van der Waals surface area contributed by atoms with E-state index in [2.05, 4.69) is 5.32 Å². The number of carbonyl (C=O) groups is 1. The molecule has 0 aliphatic carbocycles. The smallest absolute Gasteiger partial charge is 0.320 e. The van der Waals surface area contributed by atoms with Crippen molar-refractivity contribution in [2.45, 2.75) is 32.4 Å². The van der Waals surface area contributed by atoms with Crippen molar-refractivity contribution in [2.24, 2.45) is 0 Å². The molecule has 0 bridgehead atoms. The molecule has 1 aromatic rings. The Kier molecular flexibility index (Phi) is 4.68. The number of hydrogen-bond acceptors (Lipinski definition) is 3. The molecule has 2 atom stereocenters. The minimum Gasteiger partial charge on any atom is -0.480 e. The Balaban J connectivity index is 2.72. The molecule has 90 valence electrons. The Morgan fingerprint density at radius 3 is 2.47 bits per heavy atom. The van der Waals surface area contributed by atoms with E-state index in [0.717, 1.165) is 5.56 Å². The van der Waals surface area contributed by atoms with Crippen LogP contribution < -0.4 is 5.32 Å². The van der Waals surface area contributed by atoms with Crippen LogP contribution in [0.5, 0.6) is 0 Å². The van der Waals surface area contributed by atoms with Crippen LogP contribution in [-0.4, -0.2) is 17.1 Å². The van der Waals surface area contributed by atoms with Crippen molar-refractivity contribution in [1.82, 2.24) is 5.32 Å². The van der Waals surface area contributed by atoms with Gasteiger partial charge in [0.15, 0.2) is 0 Å². The van der Waals surface area contributed by atoms with Crippen molar-refractivity contribution >= 4 is 5.97 Å². The number of aliphatic carboxylic acids is 1. The van der Waals surface area contributed by atoms with Gasteiger partial charge in [-0.3, -0.25) is 10.1 Å². The minimum absolute atomic E-state index is 0.0520. The molecule has 0 spiro atoms. The van der Waals surface area contributed by atoms with E-state index >= 15 is 0 Å². The summed E-state index contributed by atoms with van der Waals surface area (Å²) in [7, 11) is 0. The monoisotopic (exact) mass is 232 g/mol. The number of rotatable bonds is 5. The Hall–Kier alpha value is -1.86. The fourth-order valence-corrected chi connectivity index (χ4v) is 1.61. The molecule has 0 aliphatic heterocycles. The molecule has 0 amide bonds. The molecule has 0 fully saturated rings. The van der Waals surface area contributed by atoms with Crippen molar-refractivity contribution in [3.8, 4) is 6.07 Å². The van der Waals surface area contributed by atoms with E-state index in [-0.39, 0.29) is 6.04 Å². The summed E-state index contributed by atoms with van der Waals surface area (Å²) in [5.74, 6) is -0.840. The van der Waals surface area contributed by atoms with Crippen LogP contribution in [0.3, 0.4) is 0 Å². The maximum atomic E-state index is 10.9. The number of carboxylic acids is 1. The summed E-state index contributed by atoms with van der Waals surface area (Å²) in [5, 5.41) is 20.7. The second-order valence-corrected chi connectivity index (χ2v) is 3.92. The second-order valence-electron chi connectivity index (χ2n) is 3.92. The highest BCUT2D eigenvalue weighted by Gasteiger charge is 2.17. The fourth-order valence-electron chi connectivity index (χ4n) is 1.61. The van der Waals surface area contributed by atoms with E-state index in [1.807, 2.05) is 32.0 Å². The topological polar surface area (TPSA) is 73.1 Å². The molecule has 0 saturated heterocycles. The number of benzene rings is 1. The third kappa shape index (κ3) is 3.58. The first-order valence-corrected chi connectivity index (χ1v) is 5.57. The highest BCUT2D eigenvalue weighted by atomic mass is 16.4. The van der Waals surface area contributed by atoms with Crippen molar-refractivity contribution in [3.05, 3.63) is 35.4 Å². The number of carboxylic acid groups (broad SMARTS) is 1. The molecular formula is C13H16N2O2. The van der Waals surface area contributed by atoms with Gasteiger partial charge < -0.3 is 5.11 Å². The minimum atomic E-state index is -0.840. The molecule has 0 heterocycles. The standard InChI is InChI=1S/C13H16N2O2/c1-3-12(13(16)17)15-9(2)11-6-4-10(8-14)5-7-11/h4-7,9,12,15H,3H2,1-2H3,(H,16,17)/t9-,12-/m1/s1. The lowest BCUT2D eigenvalue weighted by Gasteiger charge is -2.19. The van der Waals surface area contributed by atoms with E-state index < -0.39 is 12.0 Å². The van der Waals surface area contributed by atoms with Crippen LogP contribution >= 0.6 is 0 Å². The number of nitrogens with zero attached hydrogens (tertiary/aromatic N) is 1. The van der Waals surface area contributed by atoms with Gasteiger partial charge in [0.05, 0.1) is 11.6 Å². The molecule has 0 aliphatic rings. The fraction of sp³-hybridized carbons (Fsp3) is 0.385. The van der Waals surface area contributed by atoms with Crippen molar-refractivity contribution in [3.63, 3.8) is 0 Å². The highest BCUT2D eigenvalue weighted by Crippen LogP contribution is 2.14. The van der Waals surface area contributed by atoms with Crippen molar-refractivity contribution in [1.29, 1.82) is 5.26 Å². The largest absolute Gasteiger partial charge is 0.480 e. The third-order valence-corrected chi connectivity index (χ3v) is 2.70. The summed E-state index contributed by atoms with van der Waals surface area (Å²) in [4.78, 5) is 10.9. The predicted molar refractivity (Wildman–Crippen MR) is 64.4 cm³/mol. The summed E-state index contributed by atoms with van der Waals surface area (Å²) in [6.07, 6.45) is 0.538. The van der Waals surface area contributed by atoms with Gasteiger partial charge in [-0.1, -0.05) is 19.1 Å². The van der Waals surface area contributed by atoms with Gasteiger partial charge in [0.1, 0.15) is 6.04 Å². The van der Waals surface area contributed by atoms with Crippen molar-refractivity contribution in [2.75, 3.05) is 0 Å². The van der Waals surface area contributed by atoms with Crippen LogP contribution in [0, 0.1) is 11.3 Å². The summed E-state index contributed by atoms with van der Waals surface area (Å²) in [6, 6.07) is 8.59. The summed E-state index contributed by atoms with van der Waals surface area (Å²) < 4.78 is 0. The first kappa shape index (κ1) is 13.2. The first-order valence-electron chi connectivity index (χ1n) is 5.57. The van der Waals surface area contributed by atoms with Gasteiger partial charge in [0.2, 0.25) is 0 Å². The Labute approximate surface area is 101 Å². The molecule has 4 nitrogen and oxygen atoms in total. The molecule has 1 aromatic carbocycles. The summed E-state index contributed by atoms with van der Waals surface area (Å²) in [6.45, 7) is 3.74. The van der Waals surface area contributed by atoms with Crippen LogP contribution in [-0.2, 0) is 4.79 Å². The van der Waals surface area contributed by atoms with Crippen LogP contribution in [0.15, 0.2) is 24.3 Å². The molecule has 0 radical (unpaired) electrons. The Bertz CT molecular complexity index is 420. The Morgan fingerprint density at radius 2 is 2.06 bits per heavy atom. The van der Waals surface area contributed by atoms with Gasteiger partial charge in [-0.25, -0.2) is 0 Å². The van der Waals surface area contributed by atoms with Gasteiger partial charge in [0, 0.05) is 6.04 Å². The molecule has 0 unspecified atom stereocenters. The maximum Gasteiger partial charge on any atom is 0.320 e. The lowest BCUT2D eigenvalue weighted by Crippen LogP contribution is -2.37. The highest BCUT2D eigenvalue weighted by molar-refractivity contribution is 5.73. The van der Waals surface area contributed by atoms with Crippen LogP contribution in [0.2, 0.25) is 0 Å². The van der Waals surface area contributed by atoms with E-state index in [1.165, 1.54) is 0 Å². The number of nitriles is 1. The zero-order chi connectivity index (χ0) is 12.8. The van der Waals surface area contributed by atoms with E-state index in [1.54, 1.807) is 12.1 Å². The molecule has 4 heteroatoms. The zero-order valence-corrected chi connectivity index (χ0v) is 9.97. The normalized spacial score (nSPS) is 13.7. The number of hydrogen-bond donors (Lipinski definition) is 2. The lowest BCUT2D eigenvalue weighted by molar-refractivity contribution is -0.139. The third-order valence-electron chi connectivity index (χ3n) is 2.70. The number of nitrogens with one attached hydrogen (secondary N) is 1. The van der Waals surface area contributed by atoms with Gasteiger partial charge in [0.25, 0.3) is 0 Å². The van der Waals surface area contributed by atoms with E-state index in [0.29, 0.717) is 12.0 Å². The molecule has 2 N–H and O–H groups in total. The molecule has 0 saturated carbocycles. The Morgan fingerprint density at radius 1 is 1.47 bits per heavy atom. The molecule has 0 aromatic heterocycles. The quantitative estimate of drug-likeness (QED) is 0.815. The summed E-state index contributed by atoms with van der Waals surface area (Å²) in [5.41, 5.74) is 1.58.